The van der Waals surface area contributed by atoms with Gasteiger partial charge in [0.2, 0.25) is 10.0 Å². The number of benzene rings is 2. The molecule has 3 aromatic rings. The maximum atomic E-state index is 12.8. The van der Waals surface area contributed by atoms with Gasteiger partial charge in [-0.15, -0.1) is 0 Å². The highest BCUT2D eigenvalue weighted by Gasteiger charge is 2.24. The Balaban J connectivity index is 1.96. The fourth-order valence-corrected chi connectivity index (χ4v) is 4.00. The second-order valence-electron chi connectivity index (χ2n) is 5.60. The van der Waals surface area contributed by atoms with E-state index in [0.717, 1.165) is 0 Å². The average Bonchev–Trinajstić information content (AvgIpc) is 2.66. The van der Waals surface area contributed by atoms with Crippen molar-refractivity contribution in [1.29, 1.82) is 5.26 Å². The van der Waals surface area contributed by atoms with Crippen molar-refractivity contribution < 1.29 is 8.42 Å². The molecule has 0 atom stereocenters. The zero-order valence-corrected chi connectivity index (χ0v) is 14.8. The number of fused-ring (bicyclic) bond motifs is 1. The predicted octanol–water partition coefficient (Wildman–Crippen LogP) is 2.01. The fraction of sp³-hybridized carbons (Fsp3) is 0.167. The molecule has 132 valence electrons. The van der Waals surface area contributed by atoms with Crippen LogP contribution < -0.4 is 5.56 Å². The lowest BCUT2D eigenvalue weighted by atomic mass is 10.2. The minimum absolute atomic E-state index is 0.0566. The molecule has 7 nitrogen and oxygen atoms in total. The van der Waals surface area contributed by atoms with E-state index < -0.39 is 10.0 Å². The maximum absolute atomic E-state index is 12.8. The maximum Gasteiger partial charge on any atom is 0.258 e. The first-order valence-electron chi connectivity index (χ1n) is 7.94. The summed E-state index contributed by atoms with van der Waals surface area (Å²) in [4.78, 5) is 19.2. The number of nitriles is 1. The first-order chi connectivity index (χ1) is 12.5. The Morgan fingerprint density at radius 1 is 1.15 bits per heavy atom. The molecule has 1 heterocycles. The minimum atomic E-state index is -3.78. The van der Waals surface area contributed by atoms with Crippen LogP contribution in [-0.2, 0) is 16.6 Å². The second-order valence-corrected chi connectivity index (χ2v) is 7.54. The highest BCUT2D eigenvalue weighted by atomic mass is 32.2. The normalized spacial score (nSPS) is 11.6. The van der Waals surface area contributed by atoms with Crippen molar-refractivity contribution in [1.82, 2.24) is 14.3 Å². The van der Waals surface area contributed by atoms with E-state index in [-0.39, 0.29) is 29.4 Å². The molecule has 0 aliphatic rings. The molecular formula is C18H16N4O3S. The molecule has 2 aromatic carbocycles. The van der Waals surface area contributed by atoms with Gasteiger partial charge < -0.3 is 4.98 Å². The third-order valence-electron chi connectivity index (χ3n) is 3.96. The molecule has 0 radical (unpaired) electrons. The molecule has 0 saturated heterocycles. The molecule has 3 rings (SSSR count). The van der Waals surface area contributed by atoms with Gasteiger partial charge >= 0.3 is 0 Å². The smallest absolute Gasteiger partial charge is 0.258 e. The summed E-state index contributed by atoms with van der Waals surface area (Å²) in [5.41, 5.74) is 0.586. The van der Waals surface area contributed by atoms with Crippen LogP contribution in [0.5, 0.6) is 0 Å². The Bertz CT molecular complexity index is 1150. The van der Waals surface area contributed by atoms with E-state index in [1.54, 1.807) is 31.2 Å². The van der Waals surface area contributed by atoms with E-state index in [0.29, 0.717) is 16.5 Å². The molecular weight excluding hydrogens is 352 g/mol. The number of sulfonamides is 1. The number of hydrogen-bond acceptors (Lipinski definition) is 5. The van der Waals surface area contributed by atoms with Crippen molar-refractivity contribution in [2.75, 3.05) is 6.54 Å². The third kappa shape index (κ3) is 3.35. The van der Waals surface area contributed by atoms with Crippen molar-refractivity contribution in [3.8, 4) is 6.07 Å². The third-order valence-corrected chi connectivity index (χ3v) is 5.90. The standard InChI is InChI=1S/C18H16N4O3S/c1-2-22(26(24,25)14-9-7-13(11-19)8-10-14)12-17-20-16-6-4-3-5-15(16)18(23)21-17/h3-10H,2,12H2,1H3,(H,20,21,23). The molecule has 0 saturated carbocycles. The molecule has 1 aromatic heterocycles. The molecule has 0 amide bonds. The summed E-state index contributed by atoms with van der Waals surface area (Å²) >= 11 is 0. The van der Waals surface area contributed by atoms with Crippen LogP contribution in [0.1, 0.15) is 18.3 Å². The lowest BCUT2D eigenvalue weighted by Gasteiger charge is -2.20. The van der Waals surface area contributed by atoms with Crippen molar-refractivity contribution in [3.05, 3.63) is 70.3 Å². The van der Waals surface area contributed by atoms with E-state index >= 15 is 0 Å². The van der Waals surface area contributed by atoms with Gasteiger partial charge in [0.05, 0.1) is 34.0 Å². The van der Waals surface area contributed by atoms with Crippen molar-refractivity contribution in [3.63, 3.8) is 0 Å². The van der Waals surface area contributed by atoms with E-state index in [1.165, 1.54) is 28.6 Å². The summed E-state index contributed by atoms with van der Waals surface area (Å²) in [7, 11) is -3.78. The summed E-state index contributed by atoms with van der Waals surface area (Å²) in [6.45, 7) is 1.86. The Morgan fingerprint density at radius 3 is 2.50 bits per heavy atom. The summed E-state index contributed by atoms with van der Waals surface area (Å²) in [6.07, 6.45) is 0. The monoisotopic (exact) mass is 368 g/mol. The van der Waals surface area contributed by atoms with Gasteiger partial charge in [0.15, 0.2) is 0 Å². The van der Waals surface area contributed by atoms with Gasteiger partial charge in [-0.3, -0.25) is 4.79 Å². The largest absolute Gasteiger partial charge is 0.309 e. The summed E-state index contributed by atoms with van der Waals surface area (Å²) in [6, 6.07) is 14.5. The van der Waals surface area contributed by atoms with Gasteiger partial charge in [0.1, 0.15) is 5.82 Å². The van der Waals surface area contributed by atoms with E-state index in [1.807, 2.05) is 6.07 Å². The van der Waals surface area contributed by atoms with Gasteiger partial charge in [0, 0.05) is 6.54 Å². The van der Waals surface area contributed by atoms with Crippen LogP contribution in [0.4, 0.5) is 0 Å². The predicted molar refractivity (Wildman–Crippen MR) is 96.8 cm³/mol. The van der Waals surface area contributed by atoms with Gasteiger partial charge in [-0.1, -0.05) is 19.1 Å². The van der Waals surface area contributed by atoms with Gasteiger partial charge in [-0.05, 0) is 36.4 Å². The Labute approximate surface area is 150 Å². The highest BCUT2D eigenvalue weighted by molar-refractivity contribution is 7.89. The highest BCUT2D eigenvalue weighted by Crippen LogP contribution is 2.18. The minimum Gasteiger partial charge on any atom is -0.309 e. The number of H-pyrrole nitrogens is 1. The van der Waals surface area contributed by atoms with Crippen LogP contribution in [0.2, 0.25) is 0 Å². The first kappa shape index (κ1) is 17.8. The van der Waals surface area contributed by atoms with Gasteiger partial charge in [0.25, 0.3) is 5.56 Å². The molecule has 0 aliphatic carbocycles. The lowest BCUT2D eigenvalue weighted by Crippen LogP contribution is -2.32. The summed E-state index contributed by atoms with van der Waals surface area (Å²) < 4.78 is 26.9. The van der Waals surface area contributed by atoms with Crippen molar-refractivity contribution in [2.45, 2.75) is 18.4 Å². The molecule has 26 heavy (non-hydrogen) atoms. The van der Waals surface area contributed by atoms with Crippen LogP contribution in [0, 0.1) is 11.3 Å². The molecule has 8 heteroatoms. The number of nitrogens with zero attached hydrogens (tertiary/aromatic N) is 3. The zero-order chi connectivity index (χ0) is 18.7. The zero-order valence-electron chi connectivity index (χ0n) is 14.0. The topological polar surface area (TPSA) is 107 Å². The molecule has 0 bridgehead atoms. The first-order valence-corrected chi connectivity index (χ1v) is 9.38. The number of aromatic nitrogens is 2. The van der Waals surface area contributed by atoms with E-state index in [4.69, 9.17) is 5.26 Å². The number of aromatic amines is 1. The average molecular weight is 368 g/mol. The molecule has 0 aliphatic heterocycles. The SMILES string of the molecule is CCN(Cc1nc2ccccc2c(=O)[nH]1)S(=O)(=O)c1ccc(C#N)cc1. The number of hydrogen-bond donors (Lipinski definition) is 1. The number of nitrogens with one attached hydrogen (secondary N) is 1. The molecule has 0 spiro atoms. The fourth-order valence-electron chi connectivity index (χ4n) is 2.59. The Morgan fingerprint density at radius 2 is 1.85 bits per heavy atom. The van der Waals surface area contributed by atoms with E-state index in [9.17, 15) is 13.2 Å². The number of para-hydroxylation sites is 1. The quantitative estimate of drug-likeness (QED) is 0.741. The second kappa shape index (κ2) is 7.07. The Kier molecular flexibility index (Phi) is 4.84. The van der Waals surface area contributed by atoms with Crippen LogP contribution in [0.25, 0.3) is 10.9 Å². The van der Waals surface area contributed by atoms with Crippen molar-refractivity contribution >= 4 is 20.9 Å². The van der Waals surface area contributed by atoms with Crippen LogP contribution >= 0.6 is 0 Å². The molecule has 0 unspecified atom stereocenters. The number of rotatable bonds is 5. The molecule has 1 N–H and O–H groups in total. The van der Waals surface area contributed by atoms with Gasteiger partial charge in [-0.2, -0.15) is 9.57 Å². The van der Waals surface area contributed by atoms with Crippen LogP contribution in [0.3, 0.4) is 0 Å². The molecule has 0 fully saturated rings. The summed E-state index contributed by atoms with van der Waals surface area (Å²) in [5.74, 6) is 0.271. The van der Waals surface area contributed by atoms with Gasteiger partial charge in [-0.25, -0.2) is 13.4 Å². The van der Waals surface area contributed by atoms with Crippen LogP contribution in [-0.4, -0.2) is 29.2 Å². The summed E-state index contributed by atoms with van der Waals surface area (Å²) in [5, 5.41) is 9.30. The van der Waals surface area contributed by atoms with E-state index in [2.05, 4.69) is 9.97 Å². The van der Waals surface area contributed by atoms with Crippen molar-refractivity contribution in [2.24, 2.45) is 0 Å². The Hall–Kier alpha value is -3.02. The van der Waals surface area contributed by atoms with Crippen LogP contribution in [0.15, 0.2) is 58.2 Å². The lowest BCUT2D eigenvalue weighted by molar-refractivity contribution is 0.414.